The van der Waals surface area contributed by atoms with Gasteiger partial charge in [0, 0.05) is 0 Å². The first kappa shape index (κ1) is 10.2. The fourth-order valence-corrected chi connectivity index (χ4v) is 1.56. The minimum atomic E-state index is -0.249. The van der Waals surface area contributed by atoms with Crippen LogP contribution in [0.5, 0.6) is 0 Å². The molecule has 0 saturated carbocycles. The summed E-state index contributed by atoms with van der Waals surface area (Å²) in [5, 5.41) is 0. The van der Waals surface area contributed by atoms with E-state index in [1.165, 1.54) is 0 Å². The molecule has 0 aromatic heterocycles. The molecule has 0 aromatic carbocycles. The molecule has 0 bridgehead atoms. The van der Waals surface area contributed by atoms with Crippen molar-refractivity contribution >= 4 is 7.12 Å². The number of hydrogen-bond acceptors (Lipinski definition) is 3. The molecule has 3 nitrogen and oxygen atoms in total. The van der Waals surface area contributed by atoms with E-state index < -0.39 is 0 Å². The highest BCUT2D eigenvalue weighted by molar-refractivity contribution is 6.54. The van der Waals surface area contributed by atoms with Gasteiger partial charge < -0.3 is 14.0 Å². The molecule has 1 fully saturated rings. The lowest BCUT2D eigenvalue weighted by molar-refractivity contribution is 0.00578. The molecule has 0 unspecified atom stereocenters. The van der Waals surface area contributed by atoms with E-state index in [2.05, 4.69) is 27.7 Å². The average Bonchev–Trinajstić information content (AvgIpc) is 2.58. The van der Waals surface area contributed by atoms with Crippen LogP contribution in [0.4, 0.5) is 0 Å². The van der Waals surface area contributed by atoms with E-state index in [1.54, 1.807) is 0 Å². The zero-order valence-electron chi connectivity index (χ0n) is 9.29. The second-order valence-electron chi connectivity index (χ2n) is 4.88. The maximum atomic E-state index is 5.88. The maximum absolute atomic E-state index is 5.88. The van der Waals surface area contributed by atoms with Crippen LogP contribution in [0.2, 0.25) is 0 Å². The molecule has 2 aliphatic rings. The van der Waals surface area contributed by atoms with Gasteiger partial charge in [0.05, 0.1) is 24.4 Å². The van der Waals surface area contributed by atoms with E-state index in [0.29, 0.717) is 13.2 Å². The van der Waals surface area contributed by atoms with Crippen LogP contribution >= 0.6 is 0 Å². The Morgan fingerprint density at radius 2 is 1.71 bits per heavy atom. The van der Waals surface area contributed by atoms with Gasteiger partial charge in [-0.05, 0) is 33.2 Å². The van der Waals surface area contributed by atoms with E-state index in [0.717, 1.165) is 5.47 Å². The number of ether oxygens (including phenoxy) is 1. The van der Waals surface area contributed by atoms with Crippen LogP contribution in [0, 0.1) is 0 Å². The van der Waals surface area contributed by atoms with Crippen LogP contribution in [0.3, 0.4) is 0 Å². The molecular weight excluding hydrogens is 179 g/mol. The fraction of sp³-hybridized carbons (Fsp3) is 0.800. The number of rotatable bonds is 1. The zero-order valence-corrected chi connectivity index (χ0v) is 9.29. The van der Waals surface area contributed by atoms with Crippen molar-refractivity contribution in [2.45, 2.75) is 38.9 Å². The first-order valence-corrected chi connectivity index (χ1v) is 5.05. The van der Waals surface area contributed by atoms with E-state index >= 15 is 0 Å². The van der Waals surface area contributed by atoms with Gasteiger partial charge in [-0.2, -0.15) is 0 Å². The van der Waals surface area contributed by atoms with Crippen LogP contribution in [0.15, 0.2) is 11.5 Å². The summed E-state index contributed by atoms with van der Waals surface area (Å²) in [4.78, 5) is 0. The van der Waals surface area contributed by atoms with Crippen LogP contribution in [-0.2, 0) is 14.0 Å². The van der Waals surface area contributed by atoms with Crippen molar-refractivity contribution in [3.63, 3.8) is 0 Å². The Hall–Kier alpha value is -0.315. The monoisotopic (exact) mass is 196 g/mol. The summed E-state index contributed by atoms with van der Waals surface area (Å²) in [6, 6.07) is 0. The highest BCUT2D eigenvalue weighted by Gasteiger charge is 2.52. The zero-order chi connectivity index (χ0) is 10.4. The van der Waals surface area contributed by atoms with Crippen molar-refractivity contribution < 1.29 is 14.0 Å². The third kappa shape index (κ3) is 1.51. The first-order chi connectivity index (χ1) is 6.42. The minimum absolute atomic E-state index is 0.220. The van der Waals surface area contributed by atoms with Crippen molar-refractivity contribution in [3.8, 4) is 0 Å². The highest BCUT2D eigenvalue weighted by atomic mass is 16.7. The largest absolute Gasteiger partial charge is 0.492 e. The Bertz CT molecular complexity index is 255. The smallest absolute Gasteiger partial charge is 0.400 e. The van der Waals surface area contributed by atoms with Gasteiger partial charge in [-0.25, -0.2) is 0 Å². The minimum Gasteiger partial charge on any atom is -0.400 e. The van der Waals surface area contributed by atoms with E-state index in [1.807, 2.05) is 6.08 Å². The molecule has 0 spiro atoms. The molecule has 0 atom stereocenters. The predicted molar refractivity (Wildman–Crippen MR) is 55.0 cm³/mol. The number of hydrogen-bond donors (Lipinski definition) is 0. The van der Waals surface area contributed by atoms with E-state index in [9.17, 15) is 0 Å². The van der Waals surface area contributed by atoms with Crippen molar-refractivity contribution in [2.75, 3.05) is 13.2 Å². The normalized spacial score (nSPS) is 29.4. The van der Waals surface area contributed by atoms with Crippen LogP contribution in [-0.4, -0.2) is 31.5 Å². The quantitative estimate of drug-likeness (QED) is 0.596. The summed E-state index contributed by atoms with van der Waals surface area (Å²) < 4.78 is 17.0. The van der Waals surface area contributed by atoms with Crippen molar-refractivity contribution in [1.29, 1.82) is 0 Å². The molecular formula is C10H17BO3. The van der Waals surface area contributed by atoms with Gasteiger partial charge in [-0.1, -0.05) is 6.08 Å². The molecule has 1 saturated heterocycles. The molecule has 0 amide bonds. The summed E-state index contributed by atoms with van der Waals surface area (Å²) in [7, 11) is -0.220. The van der Waals surface area contributed by atoms with E-state index in [4.69, 9.17) is 14.0 Å². The molecule has 0 N–H and O–H groups in total. The van der Waals surface area contributed by atoms with Gasteiger partial charge in [0.15, 0.2) is 0 Å². The highest BCUT2D eigenvalue weighted by Crippen LogP contribution is 2.38. The standard InChI is InChI=1S/C10H17BO3/c1-9(2)10(3,4)14-11(13-9)8-5-6-12-7-8/h5H,6-7H2,1-4H3. The maximum Gasteiger partial charge on any atom is 0.492 e. The lowest BCUT2D eigenvalue weighted by atomic mass is 9.79. The third-order valence-corrected chi connectivity index (χ3v) is 3.29. The SMILES string of the molecule is CC1(C)OB(C2=CCOC2)OC1(C)C. The fourth-order valence-electron chi connectivity index (χ4n) is 1.56. The van der Waals surface area contributed by atoms with Crippen LogP contribution in [0.25, 0.3) is 0 Å². The third-order valence-electron chi connectivity index (χ3n) is 3.29. The van der Waals surface area contributed by atoms with Gasteiger partial charge >= 0.3 is 7.12 Å². The van der Waals surface area contributed by atoms with E-state index in [-0.39, 0.29) is 18.3 Å². The molecule has 2 aliphatic heterocycles. The molecule has 14 heavy (non-hydrogen) atoms. The summed E-state index contributed by atoms with van der Waals surface area (Å²) in [6.07, 6.45) is 2.04. The predicted octanol–water partition coefficient (Wildman–Crippen LogP) is 1.57. The second-order valence-corrected chi connectivity index (χ2v) is 4.88. The van der Waals surface area contributed by atoms with Gasteiger partial charge in [-0.15, -0.1) is 0 Å². The lowest BCUT2D eigenvalue weighted by Gasteiger charge is -2.32. The van der Waals surface area contributed by atoms with Crippen LogP contribution in [0.1, 0.15) is 27.7 Å². The Morgan fingerprint density at radius 3 is 2.14 bits per heavy atom. The van der Waals surface area contributed by atoms with Crippen molar-refractivity contribution in [2.24, 2.45) is 0 Å². The molecule has 2 rings (SSSR count). The summed E-state index contributed by atoms with van der Waals surface area (Å²) in [5.41, 5.74) is 0.617. The van der Waals surface area contributed by atoms with Gasteiger partial charge in [0.25, 0.3) is 0 Å². The first-order valence-electron chi connectivity index (χ1n) is 5.05. The van der Waals surface area contributed by atoms with Crippen molar-refractivity contribution in [1.82, 2.24) is 0 Å². The summed E-state index contributed by atoms with van der Waals surface area (Å²) in [6.45, 7) is 9.55. The molecule has 2 heterocycles. The van der Waals surface area contributed by atoms with Gasteiger partial charge in [-0.3, -0.25) is 0 Å². The molecule has 4 heteroatoms. The Labute approximate surface area is 85.6 Å². The van der Waals surface area contributed by atoms with Gasteiger partial charge in [0.1, 0.15) is 0 Å². The average molecular weight is 196 g/mol. The Kier molecular flexibility index (Phi) is 2.25. The molecule has 78 valence electrons. The van der Waals surface area contributed by atoms with Crippen LogP contribution < -0.4 is 0 Å². The van der Waals surface area contributed by atoms with Gasteiger partial charge in [0.2, 0.25) is 0 Å². The van der Waals surface area contributed by atoms with Crippen molar-refractivity contribution in [3.05, 3.63) is 11.5 Å². The molecule has 0 radical (unpaired) electrons. The second kappa shape index (κ2) is 3.09. The topological polar surface area (TPSA) is 27.7 Å². The Morgan fingerprint density at radius 1 is 1.14 bits per heavy atom. The Balaban J connectivity index is 2.13. The summed E-state index contributed by atoms with van der Waals surface area (Å²) in [5.74, 6) is 0. The molecule has 0 aliphatic carbocycles. The molecule has 0 aromatic rings. The summed E-state index contributed by atoms with van der Waals surface area (Å²) >= 11 is 0. The lowest BCUT2D eigenvalue weighted by Crippen LogP contribution is -2.41.